The molecule has 1 saturated carbocycles. The smallest absolute Gasteiger partial charge is 0.248 e. The van der Waals surface area contributed by atoms with Crippen LogP contribution in [-0.4, -0.2) is 10.9 Å². The maximum atomic E-state index is 12.9. The molecule has 0 spiro atoms. The highest BCUT2D eigenvalue weighted by Crippen LogP contribution is 2.40. The van der Waals surface area contributed by atoms with E-state index in [1.165, 1.54) is 0 Å². The Morgan fingerprint density at radius 2 is 1.93 bits per heavy atom. The molecule has 0 saturated heterocycles. The quantitative estimate of drug-likeness (QED) is 0.777. The topological polar surface area (TPSA) is 38.9 Å². The number of nitrogen functional groups attached to an aromatic ring is 1. The van der Waals surface area contributed by atoms with E-state index in [4.69, 9.17) is 5.73 Å². The molecule has 15 heavy (non-hydrogen) atoms. The maximum Gasteiger partial charge on any atom is 0.248 e. The number of anilines is 1. The minimum Gasteiger partial charge on any atom is -0.397 e. The molecule has 2 N–H and O–H groups in total. The van der Waals surface area contributed by atoms with E-state index in [0.29, 0.717) is 18.5 Å². The summed E-state index contributed by atoms with van der Waals surface area (Å²) in [5.74, 6) is -2.30. The summed E-state index contributed by atoms with van der Waals surface area (Å²) in [6, 6.07) is 3.61. The molecule has 0 aliphatic heterocycles. The molecule has 1 aromatic heterocycles. The zero-order chi connectivity index (χ0) is 10.9. The first kappa shape index (κ1) is 10.3. The molecular formula is C11H14F2N2. The number of pyridine rings is 1. The molecule has 0 atom stereocenters. The van der Waals surface area contributed by atoms with Crippen LogP contribution in [0.5, 0.6) is 0 Å². The van der Waals surface area contributed by atoms with Crippen molar-refractivity contribution in [2.45, 2.75) is 37.5 Å². The fraction of sp³-hybridized carbons (Fsp3) is 0.545. The lowest BCUT2D eigenvalue weighted by Crippen LogP contribution is -2.24. The van der Waals surface area contributed by atoms with Crippen molar-refractivity contribution in [2.24, 2.45) is 0 Å². The molecular weight excluding hydrogens is 198 g/mol. The molecule has 2 nitrogen and oxygen atoms in total. The minimum atomic E-state index is -2.47. The third kappa shape index (κ3) is 2.43. The van der Waals surface area contributed by atoms with Crippen LogP contribution in [0.3, 0.4) is 0 Å². The fourth-order valence-corrected chi connectivity index (χ4v) is 1.99. The van der Waals surface area contributed by atoms with Gasteiger partial charge in [0.1, 0.15) is 0 Å². The van der Waals surface area contributed by atoms with E-state index in [0.717, 1.165) is 5.69 Å². The number of hydrogen-bond acceptors (Lipinski definition) is 2. The molecule has 4 heteroatoms. The lowest BCUT2D eigenvalue weighted by Gasteiger charge is -2.27. The molecule has 0 aromatic carbocycles. The molecule has 1 fully saturated rings. The summed E-state index contributed by atoms with van der Waals surface area (Å²) in [5, 5.41) is 0. The second-order valence-electron chi connectivity index (χ2n) is 4.15. The average molecular weight is 212 g/mol. The summed E-state index contributed by atoms with van der Waals surface area (Å²) in [7, 11) is 0. The standard InChI is InChI=1S/C11H14F2N2/c12-11(13)5-3-8(4-6-11)10-2-1-9(14)7-15-10/h1-2,7-8H,3-6,14H2. The monoisotopic (exact) mass is 212 g/mol. The first-order chi connectivity index (χ1) is 7.07. The summed E-state index contributed by atoms with van der Waals surface area (Å²) < 4.78 is 25.8. The second-order valence-corrected chi connectivity index (χ2v) is 4.15. The summed E-state index contributed by atoms with van der Waals surface area (Å²) in [6.07, 6.45) is 2.57. The lowest BCUT2D eigenvalue weighted by molar-refractivity contribution is -0.0384. The van der Waals surface area contributed by atoms with Gasteiger partial charge in [-0.1, -0.05) is 0 Å². The van der Waals surface area contributed by atoms with Gasteiger partial charge in [-0.05, 0) is 25.0 Å². The number of nitrogens with zero attached hydrogens (tertiary/aromatic N) is 1. The molecule has 1 aliphatic rings. The van der Waals surface area contributed by atoms with Crippen LogP contribution in [0.15, 0.2) is 18.3 Å². The van der Waals surface area contributed by atoms with E-state index in [2.05, 4.69) is 4.98 Å². The summed E-state index contributed by atoms with van der Waals surface area (Å²) in [4.78, 5) is 4.18. The number of nitrogens with two attached hydrogens (primary N) is 1. The molecule has 0 unspecified atom stereocenters. The number of halogens is 2. The summed E-state index contributed by atoms with van der Waals surface area (Å²) in [6.45, 7) is 0. The highest BCUT2D eigenvalue weighted by molar-refractivity contribution is 5.35. The average Bonchev–Trinajstić information content (AvgIpc) is 2.20. The van der Waals surface area contributed by atoms with Gasteiger partial charge in [-0.25, -0.2) is 8.78 Å². The maximum absolute atomic E-state index is 12.9. The van der Waals surface area contributed by atoms with Crippen LogP contribution in [-0.2, 0) is 0 Å². The van der Waals surface area contributed by atoms with Crippen molar-refractivity contribution in [3.8, 4) is 0 Å². The predicted molar refractivity (Wildman–Crippen MR) is 54.8 cm³/mol. The van der Waals surface area contributed by atoms with Gasteiger partial charge < -0.3 is 5.73 Å². The third-order valence-electron chi connectivity index (χ3n) is 2.94. The summed E-state index contributed by atoms with van der Waals surface area (Å²) >= 11 is 0. The van der Waals surface area contributed by atoms with Crippen LogP contribution < -0.4 is 5.73 Å². The van der Waals surface area contributed by atoms with Gasteiger partial charge in [0.05, 0.1) is 11.9 Å². The Labute approximate surface area is 87.5 Å². The number of aromatic nitrogens is 1. The molecule has 1 aromatic rings. The number of alkyl halides is 2. The van der Waals surface area contributed by atoms with Gasteiger partial charge in [0, 0.05) is 24.5 Å². The van der Waals surface area contributed by atoms with E-state index in [1.807, 2.05) is 6.07 Å². The zero-order valence-corrected chi connectivity index (χ0v) is 8.42. The van der Waals surface area contributed by atoms with Crippen molar-refractivity contribution in [1.82, 2.24) is 4.98 Å². The van der Waals surface area contributed by atoms with Gasteiger partial charge in [0.15, 0.2) is 0 Å². The van der Waals surface area contributed by atoms with E-state index in [-0.39, 0.29) is 18.8 Å². The van der Waals surface area contributed by atoms with Crippen LogP contribution in [0.2, 0.25) is 0 Å². The van der Waals surface area contributed by atoms with Crippen molar-refractivity contribution >= 4 is 5.69 Å². The Morgan fingerprint density at radius 1 is 1.27 bits per heavy atom. The highest BCUT2D eigenvalue weighted by Gasteiger charge is 2.35. The van der Waals surface area contributed by atoms with Crippen LogP contribution in [0.1, 0.15) is 37.3 Å². The van der Waals surface area contributed by atoms with Crippen molar-refractivity contribution in [3.63, 3.8) is 0 Å². The first-order valence-corrected chi connectivity index (χ1v) is 5.16. The molecule has 2 rings (SSSR count). The van der Waals surface area contributed by atoms with Gasteiger partial charge in [0.2, 0.25) is 5.92 Å². The normalized spacial score (nSPS) is 21.5. The molecule has 0 bridgehead atoms. The van der Waals surface area contributed by atoms with E-state index >= 15 is 0 Å². The van der Waals surface area contributed by atoms with Gasteiger partial charge in [-0.2, -0.15) is 0 Å². The SMILES string of the molecule is Nc1ccc(C2CCC(F)(F)CC2)nc1. The number of rotatable bonds is 1. The Balaban J connectivity index is 2.04. The van der Waals surface area contributed by atoms with Crippen molar-refractivity contribution in [1.29, 1.82) is 0 Å². The van der Waals surface area contributed by atoms with Gasteiger partial charge in [0.25, 0.3) is 0 Å². The van der Waals surface area contributed by atoms with E-state index < -0.39 is 5.92 Å². The van der Waals surface area contributed by atoms with Gasteiger partial charge >= 0.3 is 0 Å². The van der Waals surface area contributed by atoms with Gasteiger partial charge in [-0.15, -0.1) is 0 Å². The fourth-order valence-electron chi connectivity index (χ4n) is 1.99. The highest BCUT2D eigenvalue weighted by atomic mass is 19.3. The van der Waals surface area contributed by atoms with Crippen LogP contribution in [0.4, 0.5) is 14.5 Å². The molecule has 82 valence electrons. The van der Waals surface area contributed by atoms with Crippen LogP contribution in [0.25, 0.3) is 0 Å². The molecule has 1 heterocycles. The molecule has 1 aliphatic carbocycles. The molecule has 0 amide bonds. The Morgan fingerprint density at radius 3 is 2.47 bits per heavy atom. The Hall–Kier alpha value is -1.19. The zero-order valence-electron chi connectivity index (χ0n) is 8.42. The van der Waals surface area contributed by atoms with Crippen LogP contribution in [0, 0.1) is 0 Å². The van der Waals surface area contributed by atoms with Crippen molar-refractivity contribution in [3.05, 3.63) is 24.0 Å². The second kappa shape index (κ2) is 3.76. The minimum absolute atomic E-state index is 0.0241. The largest absolute Gasteiger partial charge is 0.397 e. The van der Waals surface area contributed by atoms with E-state index in [9.17, 15) is 8.78 Å². The first-order valence-electron chi connectivity index (χ1n) is 5.16. The third-order valence-corrected chi connectivity index (χ3v) is 2.94. The number of hydrogen-bond donors (Lipinski definition) is 1. The summed E-state index contributed by atoms with van der Waals surface area (Å²) in [5.41, 5.74) is 7.02. The van der Waals surface area contributed by atoms with E-state index in [1.54, 1.807) is 12.3 Å². The van der Waals surface area contributed by atoms with Crippen LogP contribution >= 0.6 is 0 Å². The van der Waals surface area contributed by atoms with Crippen molar-refractivity contribution in [2.75, 3.05) is 5.73 Å². The Bertz CT molecular complexity index is 325. The Kier molecular flexibility index (Phi) is 2.59. The van der Waals surface area contributed by atoms with Crippen molar-refractivity contribution < 1.29 is 8.78 Å². The predicted octanol–water partition coefficient (Wildman–Crippen LogP) is 2.96. The van der Waals surface area contributed by atoms with Gasteiger partial charge in [-0.3, -0.25) is 4.98 Å². The molecule has 0 radical (unpaired) electrons. The lowest BCUT2D eigenvalue weighted by atomic mass is 9.84.